The molecule has 9 heteroatoms. The zero-order valence-corrected chi connectivity index (χ0v) is 16.5. The van der Waals surface area contributed by atoms with E-state index in [0.717, 1.165) is 25.0 Å². The number of rotatable bonds is 3. The number of aliphatic hydroxyl groups is 1. The number of imidazole rings is 1. The first-order valence-corrected chi connectivity index (χ1v) is 10.5. The van der Waals surface area contributed by atoms with Crippen molar-refractivity contribution >= 4 is 5.91 Å². The van der Waals surface area contributed by atoms with E-state index in [0.29, 0.717) is 18.9 Å². The second kappa shape index (κ2) is 6.46. The first kappa shape index (κ1) is 17.8. The minimum atomic E-state index is -0.375. The van der Waals surface area contributed by atoms with E-state index in [-0.39, 0.29) is 35.8 Å². The average molecular weight is 405 g/mol. The van der Waals surface area contributed by atoms with Gasteiger partial charge in [-0.3, -0.25) is 4.79 Å². The number of H-pyrrole nitrogens is 1. The van der Waals surface area contributed by atoms with Crippen LogP contribution >= 0.6 is 0 Å². The zero-order chi connectivity index (χ0) is 20.3. The van der Waals surface area contributed by atoms with Gasteiger partial charge in [-0.05, 0) is 35.3 Å². The van der Waals surface area contributed by atoms with Crippen molar-refractivity contribution in [1.82, 2.24) is 35.1 Å². The predicted octanol–water partition coefficient (Wildman–Crippen LogP) is 1.20. The average Bonchev–Trinajstić information content (AvgIpc) is 3.50. The van der Waals surface area contributed by atoms with Gasteiger partial charge in [0.2, 0.25) is 5.91 Å². The van der Waals surface area contributed by atoms with Gasteiger partial charge in [-0.25, -0.2) is 10.1 Å². The van der Waals surface area contributed by atoms with Crippen molar-refractivity contribution in [2.45, 2.75) is 37.8 Å². The first-order valence-electron chi connectivity index (χ1n) is 10.5. The molecule has 3 atom stereocenters. The highest BCUT2D eigenvalue weighted by molar-refractivity contribution is 5.78. The zero-order valence-electron chi connectivity index (χ0n) is 16.5. The van der Waals surface area contributed by atoms with Crippen LogP contribution in [0.3, 0.4) is 0 Å². The second-order valence-electron chi connectivity index (χ2n) is 8.80. The van der Waals surface area contributed by atoms with Crippen LogP contribution in [0.15, 0.2) is 36.8 Å². The molecule has 1 saturated heterocycles. The summed E-state index contributed by atoms with van der Waals surface area (Å²) in [5, 5.41) is 24.8. The Labute approximate surface area is 173 Å². The standard InChI is InChI=1S/C21H23N7O2/c29-18(9-17-23-25-26-24-17)27-7-5-21(6-8-27)10-15(20(21)30)19-14-4-2-1-3-13(14)16-11-22-12-28(16)19/h1-4,11-12,15,19-20,30H,5-10H2,(H,23,24,25,26)/t15-,19+,20+/m0/s1. The summed E-state index contributed by atoms with van der Waals surface area (Å²) in [4.78, 5) is 18.7. The smallest absolute Gasteiger partial charge is 0.230 e. The van der Waals surface area contributed by atoms with Crippen LogP contribution in [0.25, 0.3) is 11.3 Å². The number of amides is 1. The Bertz CT molecular complexity index is 1080. The third kappa shape index (κ3) is 2.48. The van der Waals surface area contributed by atoms with Gasteiger partial charge in [0.05, 0.1) is 36.8 Å². The maximum atomic E-state index is 12.5. The number of hydrogen-bond donors (Lipinski definition) is 2. The van der Waals surface area contributed by atoms with Crippen molar-refractivity contribution in [2.75, 3.05) is 13.1 Å². The Kier molecular flexibility index (Phi) is 3.83. The van der Waals surface area contributed by atoms with E-state index >= 15 is 0 Å². The molecule has 6 rings (SSSR count). The van der Waals surface area contributed by atoms with Gasteiger partial charge in [-0.15, -0.1) is 5.10 Å². The first-order chi connectivity index (χ1) is 14.7. The highest BCUT2D eigenvalue weighted by Gasteiger charge is 2.58. The molecule has 1 saturated carbocycles. The summed E-state index contributed by atoms with van der Waals surface area (Å²) in [6.45, 7) is 1.34. The van der Waals surface area contributed by atoms with Crippen LogP contribution in [0.4, 0.5) is 0 Å². The van der Waals surface area contributed by atoms with Crippen LogP contribution in [0, 0.1) is 11.3 Å². The predicted molar refractivity (Wildman–Crippen MR) is 106 cm³/mol. The monoisotopic (exact) mass is 405 g/mol. The van der Waals surface area contributed by atoms with Crippen LogP contribution in [-0.4, -0.2) is 65.3 Å². The number of likely N-dealkylation sites (tertiary alicyclic amines) is 1. The molecular formula is C21H23N7O2. The molecule has 2 N–H and O–H groups in total. The Morgan fingerprint density at radius 3 is 2.87 bits per heavy atom. The minimum Gasteiger partial charge on any atom is -0.392 e. The summed E-state index contributed by atoms with van der Waals surface area (Å²) < 4.78 is 2.22. The topological polar surface area (TPSA) is 113 Å². The van der Waals surface area contributed by atoms with Gasteiger partial charge in [0.25, 0.3) is 0 Å². The lowest BCUT2D eigenvalue weighted by Gasteiger charge is -2.58. The van der Waals surface area contributed by atoms with Gasteiger partial charge in [-0.1, -0.05) is 24.3 Å². The molecule has 9 nitrogen and oxygen atoms in total. The molecule has 0 bridgehead atoms. The van der Waals surface area contributed by atoms with E-state index in [4.69, 9.17) is 0 Å². The van der Waals surface area contributed by atoms with E-state index in [1.807, 2.05) is 17.4 Å². The minimum absolute atomic E-state index is 0.0292. The Hall–Kier alpha value is -3.07. The number of fused-ring (bicyclic) bond motifs is 3. The van der Waals surface area contributed by atoms with E-state index < -0.39 is 0 Å². The number of aromatic nitrogens is 6. The fraction of sp³-hybridized carbons (Fsp3) is 0.476. The van der Waals surface area contributed by atoms with Gasteiger partial charge >= 0.3 is 0 Å². The summed E-state index contributed by atoms with van der Waals surface area (Å²) >= 11 is 0. The lowest BCUT2D eigenvalue weighted by molar-refractivity contribution is -0.164. The Morgan fingerprint density at radius 1 is 1.27 bits per heavy atom. The number of tetrazole rings is 1. The second-order valence-corrected chi connectivity index (χ2v) is 8.80. The fourth-order valence-corrected chi connectivity index (χ4v) is 5.80. The summed E-state index contributed by atoms with van der Waals surface area (Å²) in [6, 6.07) is 8.57. The molecule has 30 heavy (non-hydrogen) atoms. The number of nitrogens with one attached hydrogen (secondary N) is 1. The molecule has 1 aromatic carbocycles. The number of nitrogens with zero attached hydrogens (tertiary/aromatic N) is 6. The Morgan fingerprint density at radius 2 is 2.10 bits per heavy atom. The molecule has 3 aromatic rings. The van der Waals surface area contributed by atoms with Crippen molar-refractivity contribution in [2.24, 2.45) is 11.3 Å². The lowest BCUT2D eigenvalue weighted by Crippen LogP contribution is -2.60. The molecule has 1 aliphatic carbocycles. The number of carbonyl (C=O) groups is 1. The SMILES string of the molecule is O=C(Cc1nnn[nH]1)N1CCC2(CC1)C[C@@H]([C@H]1c3ccccc3-c3cncn31)[C@H]2O. The van der Waals surface area contributed by atoms with Crippen molar-refractivity contribution in [3.05, 3.63) is 48.2 Å². The molecule has 1 amide bonds. The van der Waals surface area contributed by atoms with Crippen LogP contribution in [0.2, 0.25) is 0 Å². The van der Waals surface area contributed by atoms with E-state index in [1.54, 1.807) is 0 Å². The quantitative estimate of drug-likeness (QED) is 0.677. The molecule has 3 aliphatic rings. The molecule has 154 valence electrons. The molecule has 0 radical (unpaired) electrons. The van der Waals surface area contributed by atoms with E-state index in [9.17, 15) is 9.90 Å². The number of carbonyl (C=O) groups excluding carboxylic acids is 1. The van der Waals surface area contributed by atoms with Crippen LogP contribution < -0.4 is 0 Å². The van der Waals surface area contributed by atoms with Gasteiger partial charge < -0.3 is 14.6 Å². The largest absolute Gasteiger partial charge is 0.392 e. The van der Waals surface area contributed by atoms with Crippen LogP contribution in [0.5, 0.6) is 0 Å². The highest BCUT2D eigenvalue weighted by atomic mass is 16.3. The number of aliphatic hydroxyl groups excluding tert-OH is 1. The maximum Gasteiger partial charge on any atom is 0.230 e. The molecule has 2 aliphatic heterocycles. The summed E-state index contributed by atoms with van der Waals surface area (Å²) in [5.74, 6) is 0.686. The summed E-state index contributed by atoms with van der Waals surface area (Å²) in [7, 11) is 0. The number of hydrogen-bond acceptors (Lipinski definition) is 6. The molecule has 1 spiro atoms. The Balaban J connectivity index is 1.16. The van der Waals surface area contributed by atoms with Crippen molar-refractivity contribution in [1.29, 1.82) is 0 Å². The highest BCUT2D eigenvalue weighted by Crippen LogP contribution is 2.59. The fourth-order valence-electron chi connectivity index (χ4n) is 5.80. The van der Waals surface area contributed by atoms with Gasteiger partial charge in [0, 0.05) is 30.0 Å². The number of benzene rings is 1. The number of piperidine rings is 1. The molecule has 0 unspecified atom stereocenters. The van der Waals surface area contributed by atoms with Gasteiger partial charge in [-0.2, -0.15) is 0 Å². The maximum absolute atomic E-state index is 12.5. The van der Waals surface area contributed by atoms with Crippen molar-refractivity contribution < 1.29 is 9.90 Å². The number of aromatic amines is 1. The summed E-state index contributed by atoms with van der Waals surface area (Å²) in [6.07, 6.45) is 6.24. The van der Waals surface area contributed by atoms with E-state index in [2.05, 4.69) is 54.4 Å². The van der Waals surface area contributed by atoms with Crippen LogP contribution in [-0.2, 0) is 11.2 Å². The summed E-state index contributed by atoms with van der Waals surface area (Å²) in [5.41, 5.74) is 3.54. The molecule has 2 fully saturated rings. The van der Waals surface area contributed by atoms with Crippen molar-refractivity contribution in [3.63, 3.8) is 0 Å². The van der Waals surface area contributed by atoms with Gasteiger partial charge in [0.15, 0.2) is 5.82 Å². The third-order valence-corrected chi connectivity index (χ3v) is 7.42. The van der Waals surface area contributed by atoms with E-state index in [1.165, 1.54) is 11.1 Å². The normalized spacial score (nSPS) is 26.3. The molecule has 4 heterocycles. The van der Waals surface area contributed by atoms with Crippen molar-refractivity contribution in [3.8, 4) is 11.3 Å². The molecular weight excluding hydrogens is 382 g/mol. The lowest BCUT2D eigenvalue weighted by atomic mass is 9.53. The van der Waals surface area contributed by atoms with Gasteiger partial charge in [0.1, 0.15) is 0 Å². The molecule has 2 aromatic heterocycles. The third-order valence-electron chi connectivity index (χ3n) is 7.42. The van der Waals surface area contributed by atoms with Crippen LogP contribution in [0.1, 0.15) is 36.7 Å².